The maximum Gasteiger partial charge on any atom is 0.409 e. The average Bonchev–Trinajstić information content (AvgIpc) is 2.30. The lowest BCUT2D eigenvalue weighted by Gasteiger charge is -2.14. The summed E-state index contributed by atoms with van der Waals surface area (Å²) in [6.45, 7) is 2.06. The van der Waals surface area contributed by atoms with Crippen LogP contribution in [0, 0.1) is 0 Å². The van der Waals surface area contributed by atoms with Crippen molar-refractivity contribution in [3.8, 4) is 17.2 Å². The van der Waals surface area contributed by atoms with Gasteiger partial charge in [0, 0.05) is 17.7 Å². The first-order valence-corrected chi connectivity index (χ1v) is 5.34. The van der Waals surface area contributed by atoms with E-state index in [9.17, 15) is 4.79 Å². The predicted octanol–water partition coefficient (Wildman–Crippen LogP) is 2.11. The highest BCUT2D eigenvalue weighted by Gasteiger charge is 2.13. The maximum absolute atomic E-state index is 10.7. The van der Waals surface area contributed by atoms with Crippen LogP contribution in [0.5, 0.6) is 17.2 Å². The van der Waals surface area contributed by atoms with Crippen molar-refractivity contribution in [1.82, 2.24) is 0 Å². The Bertz CT molecular complexity index is 378. The summed E-state index contributed by atoms with van der Waals surface area (Å²) in [5.74, 6) is 1.57. The standard InChI is InChI=1S/C12H17NO4/c1-4-5-9-10(15-2)6-8(17-12(13)14)7-11(9)16-3/h6-7H,4-5H2,1-3H3,(H2,13,14). The Hall–Kier alpha value is -1.91. The first-order valence-electron chi connectivity index (χ1n) is 5.34. The van der Waals surface area contributed by atoms with Crippen molar-refractivity contribution in [2.24, 2.45) is 5.73 Å². The summed E-state index contributed by atoms with van der Waals surface area (Å²) in [5.41, 5.74) is 5.91. The lowest BCUT2D eigenvalue weighted by Crippen LogP contribution is -2.16. The Labute approximate surface area is 100 Å². The summed E-state index contributed by atoms with van der Waals surface area (Å²) in [4.78, 5) is 10.7. The van der Waals surface area contributed by atoms with Gasteiger partial charge in [-0.2, -0.15) is 0 Å². The van der Waals surface area contributed by atoms with E-state index < -0.39 is 6.09 Å². The second-order valence-corrected chi connectivity index (χ2v) is 3.48. The fourth-order valence-corrected chi connectivity index (χ4v) is 1.63. The SMILES string of the molecule is CCCc1c(OC)cc(OC(N)=O)cc1OC. The van der Waals surface area contributed by atoms with Gasteiger partial charge in [0.25, 0.3) is 0 Å². The number of hydrogen-bond donors (Lipinski definition) is 1. The van der Waals surface area contributed by atoms with E-state index in [1.54, 1.807) is 26.4 Å². The normalized spacial score (nSPS) is 9.82. The Morgan fingerprint density at radius 3 is 2.12 bits per heavy atom. The van der Waals surface area contributed by atoms with Crippen LogP contribution in [0.1, 0.15) is 18.9 Å². The first-order chi connectivity index (χ1) is 8.12. The second kappa shape index (κ2) is 5.98. The summed E-state index contributed by atoms with van der Waals surface area (Å²) in [7, 11) is 3.12. The molecule has 0 atom stereocenters. The molecule has 0 heterocycles. The molecule has 0 spiro atoms. The molecule has 0 saturated heterocycles. The number of primary amides is 1. The lowest BCUT2D eigenvalue weighted by molar-refractivity contribution is 0.210. The van der Waals surface area contributed by atoms with Gasteiger partial charge in [-0.05, 0) is 6.42 Å². The van der Waals surface area contributed by atoms with E-state index >= 15 is 0 Å². The number of hydrogen-bond acceptors (Lipinski definition) is 4. The van der Waals surface area contributed by atoms with Gasteiger partial charge in [-0.3, -0.25) is 0 Å². The van der Waals surface area contributed by atoms with Gasteiger partial charge in [0.05, 0.1) is 14.2 Å². The topological polar surface area (TPSA) is 70.8 Å². The van der Waals surface area contributed by atoms with Gasteiger partial charge in [-0.25, -0.2) is 4.79 Å². The molecule has 5 nitrogen and oxygen atoms in total. The minimum absolute atomic E-state index is 0.311. The zero-order valence-electron chi connectivity index (χ0n) is 10.3. The van der Waals surface area contributed by atoms with Crippen molar-refractivity contribution in [2.75, 3.05) is 14.2 Å². The van der Waals surface area contributed by atoms with E-state index in [-0.39, 0.29) is 0 Å². The Kier molecular flexibility index (Phi) is 4.63. The Morgan fingerprint density at radius 2 is 1.76 bits per heavy atom. The molecule has 0 aromatic heterocycles. The number of nitrogens with two attached hydrogens (primary N) is 1. The number of ether oxygens (including phenoxy) is 3. The van der Waals surface area contributed by atoms with E-state index in [1.807, 2.05) is 0 Å². The third kappa shape index (κ3) is 3.27. The monoisotopic (exact) mass is 239 g/mol. The minimum Gasteiger partial charge on any atom is -0.496 e. The molecule has 0 aliphatic heterocycles. The largest absolute Gasteiger partial charge is 0.496 e. The van der Waals surface area contributed by atoms with Crippen molar-refractivity contribution >= 4 is 6.09 Å². The molecule has 0 bridgehead atoms. The summed E-state index contributed by atoms with van der Waals surface area (Å²) >= 11 is 0. The number of carbonyl (C=O) groups excluding carboxylic acids is 1. The molecule has 1 amide bonds. The second-order valence-electron chi connectivity index (χ2n) is 3.48. The van der Waals surface area contributed by atoms with Crippen molar-refractivity contribution in [1.29, 1.82) is 0 Å². The molecule has 0 aliphatic rings. The van der Waals surface area contributed by atoms with E-state index in [2.05, 4.69) is 6.92 Å². The van der Waals surface area contributed by atoms with Crippen LogP contribution in [0.4, 0.5) is 4.79 Å². The number of rotatable bonds is 5. The van der Waals surface area contributed by atoms with E-state index in [4.69, 9.17) is 19.9 Å². The molecule has 0 aliphatic carbocycles. The van der Waals surface area contributed by atoms with Crippen LogP contribution >= 0.6 is 0 Å². The quantitative estimate of drug-likeness (QED) is 0.854. The number of amides is 1. The van der Waals surface area contributed by atoms with Crippen LogP contribution in [0.3, 0.4) is 0 Å². The van der Waals surface area contributed by atoms with Gasteiger partial charge in [-0.15, -0.1) is 0 Å². The van der Waals surface area contributed by atoms with Crippen molar-refractivity contribution in [3.05, 3.63) is 17.7 Å². The van der Waals surface area contributed by atoms with Gasteiger partial charge < -0.3 is 19.9 Å². The van der Waals surface area contributed by atoms with Gasteiger partial charge in [0.15, 0.2) is 0 Å². The number of benzene rings is 1. The molecule has 1 aromatic rings. The van der Waals surface area contributed by atoms with Gasteiger partial charge in [0.2, 0.25) is 0 Å². The molecule has 94 valence electrons. The summed E-state index contributed by atoms with van der Waals surface area (Å²) < 4.78 is 15.3. The molecule has 0 saturated carbocycles. The van der Waals surface area contributed by atoms with Crippen LogP contribution in [0.25, 0.3) is 0 Å². The highest BCUT2D eigenvalue weighted by molar-refractivity contribution is 5.69. The van der Waals surface area contributed by atoms with Crippen LogP contribution in [0.15, 0.2) is 12.1 Å². The fourth-order valence-electron chi connectivity index (χ4n) is 1.63. The van der Waals surface area contributed by atoms with Crippen LogP contribution in [-0.4, -0.2) is 20.3 Å². The molecule has 1 rings (SSSR count). The minimum atomic E-state index is -0.864. The molecule has 1 aromatic carbocycles. The number of methoxy groups -OCH3 is 2. The van der Waals surface area contributed by atoms with Crippen molar-refractivity contribution in [2.45, 2.75) is 19.8 Å². The van der Waals surface area contributed by atoms with E-state index in [0.717, 1.165) is 18.4 Å². The summed E-state index contributed by atoms with van der Waals surface area (Å²) in [6.07, 6.45) is 0.920. The third-order valence-electron chi connectivity index (χ3n) is 2.30. The predicted molar refractivity (Wildman–Crippen MR) is 63.8 cm³/mol. The molecule has 5 heteroatoms. The molecule has 0 radical (unpaired) electrons. The van der Waals surface area contributed by atoms with E-state index in [1.165, 1.54) is 0 Å². The van der Waals surface area contributed by atoms with Crippen LogP contribution in [-0.2, 0) is 6.42 Å². The maximum atomic E-state index is 10.7. The summed E-state index contributed by atoms with van der Waals surface area (Å²) in [6, 6.07) is 3.25. The fraction of sp³-hybridized carbons (Fsp3) is 0.417. The molecular weight excluding hydrogens is 222 g/mol. The zero-order valence-corrected chi connectivity index (χ0v) is 10.3. The van der Waals surface area contributed by atoms with Gasteiger partial charge in [-0.1, -0.05) is 13.3 Å². The Balaban J connectivity index is 3.18. The van der Waals surface area contributed by atoms with E-state index in [0.29, 0.717) is 17.2 Å². The lowest BCUT2D eigenvalue weighted by atomic mass is 10.1. The van der Waals surface area contributed by atoms with Crippen molar-refractivity contribution in [3.63, 3.8) is 0 Å². The van der Waals surface area contributed by atoms with Crippen LogP contribution in [0.2, 0.25) is 0 Å². The van der Waals surface area contributed by atoms with Gasteiger partial charge in [0.1, 0.15) is 17.2 Å². The average molecular weight is 239 g/mol. The zero-order chi connectivity index (χ0) is 12.8. The Morgan fingerprint density at radius 1 is 1.24 bits per heavy atom. The number of carbonyl (C=O) groups is 1. The smallest absolute Gasteiger partial charge is 0.409 e. The molecular formula is C12H17NO4. The molecule has 17 heavy (non-hydrogen) atoms. The van der Waals surface area contributed by atoms with Crippen LogP contribution < -0.4 is 19.9 Å². The van der Waals surface area contributed by atoms with Crippen molar-refractivity contribution < 1.29 is 19.0 Å². The highest BCUT2D eigenvalue weighted by Crippen LogP contribution is 2.34. The highest BCUT2D eigenvalue weighted by atomic mass is 16.5. The third-order valence-corrected chi connectivity index (χ3v) is 2.30. The molecule has 0 fully saturated rings. The molecule has 2 N–H and O–H groups in total. The first kappa shape index (κ1) is 13.2. The van der Waals surface area contributed by atoms with Gasteiger partial charge >= 0.3 is 6.09 Å². The molecule has 0 unspecified atom stereocenters. The summed E-state index contributed by atoms with van der Waals surface area (Å²) in [5, 5.41) is 0.